The fourth-order valence-electron chi connectivity index (χ4n) is 2.31. The number of nitrogens with zero attached hydrogens (tertiary/aromatic N) is 2. The molecular weight excluding hydrogens is 282 g/mol. The molecule has 0 saturated heterocycles. The highest BCUT2D eigenvalue weighted by Crippen LogP contribution is 2.29. The first-order chi connectivity index (χ1) is 10.0. The minimum atomic E-state index is 0.665. The highest BCUT2D eigenvalue weighted by molar-refractivity contribution is 6.30. The molecule has 0 bridgehead atoms. The Morgan fingerprint density at radius 3 is 2.48 bits per heavy atom. The van der Waals surface area contributed by atoms with Crippen molar-refractivity contribution in [2.45, 2.75) is 13.8 Å². The van der Waals surface area contributed by atoms with Crippen LogP contribution in [0.1, 0.15) is 11.1 Å². The van der Waals surface area contributed by atoms with Gasteiger partial charge in [-0.05, 0) is 49.7 Å². The second kappa shape index (κ2) is 5.26. The molecule has 106 valence electrons. The fraction of sp³-hybridized carbons (Fsp3) is 0.118. The maximum Gasteiger partial charge on any atom is 0.116 e. The van der Waals surface area contributed by atoms with Crippen molar-refractivity contribution in [2.24, 2.45) is 0 Å². The van der Waals surface area contributed by atoms with E-state index in [-0.39, 0.29) is 0 Å². The quantitative estimate of drug-likeness (QED) is 0.762. The van der Waals surface area contributed by atoms with Gasteiger partial charge in [-0.25, -0.2) is 4.68 Å². The minimum absolute atomic E-state index is 0.665. The Kier molecular flexibility index (Phi) is 3.43. The van der Waals surface area contributed by atoms with E-state index in [4.69, 9.17) is 17.3 Å². The van der Waals surface area contributed by atoms with Gasteiger partial charge in [-0.15, -0.1) is 0 Å². The topological polar surface area (TPSA) is 43.8 Å². The molecule has 0 atom stereocenters. The van der Waals surface area contributed by atoms with Crippen LogP contribution in [0.25, 0.3) is 16.9 Å². The predicted octanol–water partition coefficient (Wildman–Crippen LogP) is 4.39. The van der Waals surface area contributed by atoms with Crippen LogP contribution in [0, 0.1) is 13.8 Å². The lowest BCUT2D eigenvalue weighted by molar-refractivity contribution is 0.884. The number of aryl methyl sites for hydroxylation is 2. The summed E-state index contributed by atoms with van der Waals surface area (Å²) < 4.78 is 1.78. The first-order valence-electron chi connectivity index (χ1n) is 6.73. The summed E-state index contributed by atoms with van der Waals surface area (Å²) in [6.07, 6.45) is 1.83. The second-order valence-corrected chi connectivity index (χ2v) is 5.61. The van der Waals surface area contributed by atoms with Crippen molar-refractivity contribution < 1.29 is 0 Å². The van der Waals surface area contributed by atoms with Gasteiger partial charge in [0.15, 0.2) is 0 Å². The van der Waals surface area contributed by atoms with Crippen LogP contribution in [0.5, 0.6) is 0 Å². The zero-order valence-electron chi connectivity index (χ0n) is 12.0. The van der Waals surface area contributed by atoms with Crippen molar-refractivity contribution >= 4 is 17.3 Å². The van der Waals surface area contributed by atoms with Gasteiger partial charge in [0.2, 0.25) is 0 Å². The molecule has 0 unspecified atom stereocenters. The third kappa shape index (κ3) is 2.65. The molecule has 1 heterocycles. The van der Waals surface area contributed by atoms with E-state index < -0.39 is 0 Å². The number of halogens is 1. The molecule has 0 aliphatic carbocycles. The average Bonchev–Trinajstić information content (AvgIpc) is 2.84. The van der Waals surface area contributed by atoms with Crippen molar-refractivity contribution in [3.63, 3.8) is 0 Å². The molecule has 3 aromatic rings. The van der Waals surface area contributed by atoms with E-state index in [1.807, 2.05) is 30.5 Å². The number of hydrogen-bond donors (Lipinski definition) is 1. The van der Waals surface area contributed by atoms with Gasteiger partial charge in [0, 0.05) is 10.6 Å². The zero-order chi connectivity index (χ0) is 15.0. The van der Waals surface area contributed by atoms with Gasteiger partial charge in [0.05, 0.1) is 17.6 Å². The Labute approximate surface area is 129 Å². The van der Waals surface area contributed by atoms with Gasteiger partial charge in [-0.1, -0.05) is 29.3 Å². The van der Waals surface area contributed by atoms with Gasteiger partial charge in [0.1, 0.15) is 5.69 Å². The number of nitrogen functional groups attached to an aromatic ring is 1. The summed E-state index contributed by atoms with van der Waals surface area (Å²) >= 11 is 5.92. The Morgan fingerprint density at radius 1 is 1.05 bits per heavy atom. The number of rotatable bonds is 2. The average molecular weight is 298 g/mol. The van der Waals surface area contributed by atoms with Crippen molar-refractivity contribution in [3.8, 4) is 16.9 Å². The largest absolute Gasteiger partial charge is 0.396 e. The van der Waals surface area contributed by atoms with E-state index in [0.717, 1.165) is 22.5 Å². The molecule has 0 radical (unpaired) electrons. The number of aromatic nitrogens is 2. The molecule has 21 heavy (non-hydrogen) atoms. The van der Waals surface area contributed by atoms with Crippen molar-refractivity contribution in [1.29, 1.82) is 0 Å². The van der Waals surface area contributed by atoms with E-state index >= 15 is 0 Å². The smallest absolute Gasteiger partial charge is 0.116 e. The molecule has 3 nitrogen and oxygen atoms in total. The molecule has 0 fully saturated rings. The van der Waals surface area contributed by atoms with E-state index in [2.05, 4.69) is 37.1 Å². The molecule has 2 aromatic carbocycles. The van der Waals surface area contributed by atoms with Crippen LogP contribution in [-0.4, -0.2) is 9.78 Å². The normalized spacial score (nSPS) is 10.8. The maximum absolute atomic E-state index is 6.15. The SMILES string of the molecule is Cc1ccc(C)c(-c2nn(-c3ccc(Cl)cc3)cc2N)c1. The fourth-order valence-corrected chi connectivity index (χ4v) is 2.44. The predicted molar refractivity (Wildman–Crippen MR) is 87.9 cm³/mol. The lowest BCUT2D eigenvalue weighted by atomic mass is 10.0. The lowest BCUT2D eigenvalue weighted by Gasteiger charge is -2.05. The number of benzene rings is 2. The summed E-state index contributed by atoms with van der Waals surface area (Å²) in [5.41, 5.74) is 12.0. The van der Waals surface area contributed by atoms with E-state index in [9.17, 15) is 0 Å². The first kappa shape index (κ1) is 13.7. The second-order valence-electron chi connectivity index (χ2n) is 5.17. The first-order valence-corrected chi connectivity index (χ1v) is 7.11. The van der Waals surface area contributed by atoms with Crippen molar-refractivity contribution in [2.75, 3.05) is 5.73 Å². The molecule has 1 aromatic heterocycles. The van der Waals surface area contributed by atoms with Crippen LogP contribution in [-0.2, 0) is 0 Å². The maximum atomic E-state index is 6.15. The van der Waals surface area contributed by atoms with Gasteiger partial charge >= 0.3 is 0 Å². The van der Waals surface area contributed by atoms with Crippen molar-refractivity contribution in [1.82, 2.24) is 9.78 Å². The monoisotopic (exact) mass is 297 g/mol. The Bertz CT molecular complexity index is 788. The minimum Gasteiger partial charge on any atom is -0.396 e. The van der Waals surface area contributed by atoms with Gasteiger partial charge in [-0.2, -0.15) is 5.10 Å². The molecule has 2 N–H and O–H groups in total. The third-order valence-corrected chi connectivity index (χ3v) is 3.73. The third-order valence-electron chi connectivity index (χ3n) is 3.48. The molecule has 3 rings (SSSR count). The lowest BCUT2D eigenvalue weighted by Crippen LogP contribution is -1.95. The Hall–Kier alpha value is -2.26. The van der Waals surface area contributed by atoms with E-state index in [1.165, 1.54) is 5.56 Å². The molecule has 0 aliphatic heterocycles. The molecule has 4 heteroatoms. The Morgan fingerprint density at radius 2 is 1.76 bits per heavy atom. The standard InChI is InChI=1S/C17H16ClN3/c1-11-3-4-12(2)15(9-11)17-16(19)10-21(20-17)14-7-5-13(18)6-8-14/h3-10H,19H2,1-2H3. The summed E-state index contributed by atoms with van der Waals surface area (Å²) in [4.78, 5) is 0. The summed E-state index contributed by atoms with van der Waals surface area (Å²) in [6, 6.07) is 13.8. The Balaban J connectivity index is 2.09. The highest BCUT2D eigenvalue weighted by atomic mass is 35.5. The molecule has 0 saturated carbocycles. The van der Waals surface area contributed by atoms with E-state index in [1.54, 1.807) is 4.68 Å². The van der Waals surface area contributed by atoms with Crippen LogP contribution in [0.3, 0.4) is 0 Å². The molecule has 0 amide bonds. The summed E-state index contributed by atoms with van der Waals surface area (Å²) in [5, 5.41) is 5.33. The van der Waals surface area contributed by atoms with Crippen LogP contribution in [0.4, 0.5) is 5.69 Å². The molecule has 0 aliphatic rings. The number of hydrogen-bond acceptors (Lipinski definition) is 2. The highest BCUT2D eigenvalue weighted by Gasteiger charge is 2.12. The van der Waals surface area contributed by atoms with Crippen LogP contribution in [0.15, 0.2) is 48.7 Å². The summed E-state index contributed by atoms with van der Waals surface area (Å²) in [5.74, 6) is 0. The molecule has 0 spiro atoms. The van der Waals surface area contributed by atoms with Crippen LogP contribution >= 0.6 is 11.6 Å². The van der Waals surface area contributed by atoms with Crippen LogP contribution in [0.2, 0.25) is 5.02 Å². The number of nitrogens with two attached hydrogens (primary N) is 1. The summed E-state index contributed by atoms with van der Waals surface area (Å²) in [7, 11) is 0. The van der Waals surface area contributed by atoms with Crippen LogP contribution < -0.4 is 5.73 Å². The zero-order valence-corrected chi connectivity index (χ0v) is 12.7. The molecular formula is C17H16ClN3. The van der Waals surface area contributed by atoms with Gasteiger partial charge in [0.25, 0.3) is 0 Å². The van der Waals surface area contributed by atoms with Crippen molar-refractivity contribution in [3.05, 3.63) is 64.8 Å². The number of anilines is 1. The van der Waals surface area contributed by atoms with E-state index in [0.29, 0.717) is 10.7 Å². The van der Waals surface area contributed by atoms with Gasteiger partial charge in [-0.3, -0.25) is 0 Å². The van der Waals surface area contributed by atoms with Gasteiger partial charge < -0.3 is 5.73 Å². The summed E-state index contributed by atoms with van der Waals surface area (Å²) in [6.45, 7) is 4.13.